The van der Waals surface area contributed by atoms with Gasteiger partial charge in [-0.25, -0.2) is 4.98 Å². The highest BCUT2D eigenvalue weighted by molar-refractivity contribution is 7.14. The number of nitrogens with zero attached hydrogens (tertiary/aromatic N) is 2. The average molecular weight is 373 g/mol. The molecule has 1 heterocycles. The van der Waals surface area contributed by atoms with Crippen molar-refractivity contribution in [2.24, 2.45) is 0 Å². The van der Waals surface area contributed by atoms with Crippen LogP contribution < -0.4 is 9.64 Å². The van der Waals surface area contributed by atoms with Gasteiger partial charge in [-0.1, -0.05) is 29.8 Å². The topological polar surface area (TPSA) is 42.4 Å². The summed E-state index contributed by atoms with van der Waals surface area (Å²) in [5.74, 6) is 0.455. The maximum Gasteiger partial charge on any atom is 0.271 e. The van der Waals surface area contributed by atoms with Gasteiger partial charge in [0.05, 0.1) is 11.4 Å². The van der Waals surface area contributed by atoms with Gasteiger partial charge in [0.1, 0.15) is 5.75 Å². The Balaban J connectivity index is 1.82. The van der Waals surface area contributed by atoms with E-state index < -0.39 is 0 Å². The van der Waals surface area contributed by atoms with Crippen LogP contribution in [-0.2, 0) is 4.79 Å². The number of halogens is 1. The van der Waals surface area contributed by atoms with Gasteiger partial charge >= 0.3 is 0 Å². The lowest BCUT2D eigenvalue weighted by atomic mass is 10.2. The largest absolute Gasteiger partial charge is 0.483 e. The minimum absolute atomic E-state index is 0.0873. The van der Waals surface area contributed by atoms with Gasteiger partial charge in [0.15, 0.2) is 11.7 Å². The molecule has 1 amide bonds. The molecule has 3 aromatic rings. The Morgan fingerprint density at radius 3 is 2.60 bits per heavy atom. The first-order valence-corrected chi connectivity index (χ1v) is 8.99. The summed E-state index contributed by atoms with van der Waals surface area (Å²) < 4.78 is 5.71. The van der Waals surface area contributed by atoms with Crippen LogP contribution in [-0.4, -0.2) is 17.5 Å². The fourth-order valence-corrected chi connectivity index (χ4v) is 3.43. The summed E-state index contributed by atoms with van der Waals surface area (Å²) >= 11 is 7.38. The highest BCUT2D eigenvalue weighted by Gasteiger charge is 2.21. The number of aromatic nitrogens is 1. The first kappa shape index (κ1) is 17.5. The smallest absolute Gasteiger partial charge is 0.271 e. The SMILES string of the molecule is Cc1csc(N(C(=O)COc2ccc(Cl)cc2C)c2ccccc2)n1. The Labute approximate surface area is 155 Å². The highest BCUT2D eigenvalue weighted by atomic mass is 35.5. The summed E-state index contributed by atoms with van der Waals surface area (Å²) in [5.41, 5.74) is 2.53. The van der Waals surface area contributed by atoms with Gasteiger partial charge in [0, 0.05) is 10.4 Å². The number of benzene rings is 2. The average Bonchev–Trinajstić information content (AvgIpc) is 3.01. The van der Waals surface area contributed by atoms with E-state index in [1.807, 2.05) is 49.6 Å². The van der Waals surface area contributed by atoms with Crippen LogP contribution in [0, 0.1) is 13.8 Å². The van der Waals surface area contributed by atoms with E-state index in [1.54, 1.807) is 23.1 Å². The molecular formula is C19H17ClN2O2S. The van der Waals surface area contributed by atoms with Crippen LogP contribution >= 0.6 is 22.9 Å². The number of rotatable bonds is 5. The number of ether oxygens (including phenoxy) is 1. The zero-order valence-electron chi connectivity index (χ0n) is 13.9. The molecule has 3 rings (SSSR count). The van der Waals surface area contributed by atoms with Crippen LogP contribution in [0.15, 0.2) is 53.9 Å². The van der Waals surface area contributed by atoms with E-state index in [9.17, 15) is 4.79 Å². The van der Waals surface area contributed by atoms with Crippen molar-refractivity contribution in [3.8, 4) is 5.75 Å². The lowest BCUT2D eigenvalue weighted by Crippen LogP contribution is -2.31. The summed E-state index contributed by atoms with van der Waals surface area (Å²) in [5, 5.41) is 3.19. The predicted molar refractivity (Wildman–Crippen MR) is 102 cm³/mol. The minimum Gasteiger partial charge on any atom is -0.483 e. The highest BCUT2D eigenvalue weighted by Crippen LogP contribution is 2.29. The molecule has 0 aliphatic rings. The molecule has 0 radical (unpaired) electrons. The van der Waals surface area contributed by atoms with Crippen molar-refractivity contribution >= 4 is 39.7 Å². The monoisotopic (exact) mass is 372 g/mol. The maximum atomic E-state index is 12.8. The van der Waals surface area contributed by atoms with E-state index in [0.717, 1.165) is 16.9 Å². The molecule has 128 valence electrons. The first-order valence-electron chi connectivity index (χ1n) is 7.73. The van der Waals surface area contributed by atoms with Crippen LogP contribution in [0.2, 0.25) is 5.02 Å². The van der Waals surface area contributed by atoms with Gasteiger partial charge in [-0.15, -0.1) is 11.3 Å². The van der Waals surface area contributed by atoms with Gasteiger partial charge < -0.3 is 4.74 Å². The van der Waals surface area contributed by atoms with Crippen LogP contribution in [0.4, 0.5) is 10.8 Å². The Hall–Kier alpha value is -2.37. The van der Waals surface area contributed by atoms with Crippen molar-refractivity contribution in [2.45, 2.75) is 13.8 Å². The van der Waals surface area contributed by atoms with Crippen molar-refractivity contribution in [3.05, 3.63) is 70.2 Å². The summed E-state index contributed by atoms with van der Waals surface area (Å²) in [6.45, 7) is 3.71. The predicted octanol–water partition coefficient (Wildman–Crippen LogP) is 5.16. The van der Waals surface area contributed by atoms with Crippen molar-refractivity contribution in [1.82, 2.24) is 4.98 Å². The first-order chi connectivity index (χ1) is 12.0. The van der Waals surface area contributed by atoms with Gasteiger partial charge in [-0.05, 0) is 49.7 Å². The third kappa shape index (κ3) is 4.18. The van der Waals surface area contributed by atoms with Gasteiger partial charge in [0.2, 0.25) is 0 Å². The van der Waals surface area contributed by atoms with Crippen molar-refractivity contribution in [3.63, 3.8) is 0 Å². The fraction of sp³-hybridized carbons (Fsp3) is 0.158. The zero-order valence-corrected chi connectivity index (χ0v) is 15.5. The maximum absolute atomic E-state index is 12.8. The molecule has 0 spiro atoms. The van der Waals surface area contributed by atoms with Crippen LogP contribution in [0.1, 0.15) is 11.3 Å². The summed E-state index contributed by atoms with van der Waals surface area (Å²) in [7, 11) is 0. The zero-order chi connectivity index (χ0) is 17.8. The molecule has 0 atom stereocenters. The normalized spacial score (nSPS) is 10.5. The third-order valence-corrected chi connectivity index (χ3v) is 4.73. The van der Waals surface area contributed by atoms with Crippen LogP contribution in [0.3, 0.4) is 0 Å². The van der Waals surface area contributed by atoms with Crippen molar-refractivity contribution < 1.29 is 9.53 Å². The van der Waals surface area contributed by atoms with Gasteiger partial charge in [-0.3, -0.25) is 9.69 Å². The van der Waals surface area contributed by atoms with E-state index in [2.05, 4.69) is 4.98 Å². The minimum atomic E-state index is -0.185. The summed E-state index contributed by atoms with van der Waals surface area (Å²) in [4.78, 5) is 18.9. The fourth-order valence-electron chi connectivity index (χ4n) is 2.36. The molecule has 0 N–H and O–H groups in total. The molecule has 0 fully saturated rings. The Kier molecular flexibility index (Phi) is 5.36. The second kappa shape index (κ2) is 7.68. The van der Waals surface area contributed by atoms with Crippen molar-refractivity contribution in [2.75, 3.05) is 11.5 Å². The number of carbonyl (C=O) groups is 1. The molecule has 0 saturated carbocycles. The molecule has 0 aliphatic heterocycles. The second-order valence-corrected chi connectivity index (χ2v) is 6.81. The van der Waals surface area contributed by atoms with E-state index in [4.69, 9.17) is 16.3 Å². The lowest BCUT2D eigenvalue weighted by molar-refractivity contribution is -0.119. The van der Waals surface area contributed by atoms with E-state index in [-0.39, 0.29) is 12.5 Å². The molecule has 0 aliphatic carbocycles. The Morgan fingerprint density at radius 1 is 1.20 bits per heavy atom. The quantitative estimate of drug-likeness (QED) is 0.621. The standard InChI is InChI=1S/C19H17ClN2O2S/c1-13-10-15(20)8-9-17(13)24-11-18(23)22(16-6-4-3-5-7-16)19-21-14(2)12-25-19/h3-10,12H,11H2,1-2H3. The molecule has 2 aromatic carbocycles. The van der Waals surface area contributed by atoms with E-state index in [0.29, 0.717) is 15.9 Å². The number of para-hydroxylation sites is 1. The molecule has 0 bridgehead atoms. The molecule has 25 heavy (non-hydrogen) atoms. The molecule has 0 unspecified atom stereocenters. The summed E-state index contributed by atoms with van der Waals surface area (Å²) in [6, 6.07) is 14.8. The number of aryl methyl sites for hydroxylation is 2. The van der Waals surface area contributed by atoms with E-state index in [1.165, 1.54) is 11.3 Å². The van der Waals surface area contributed by atoms with E-state index >= 15 is 0 Å². The van der Waals surface area contributed by atoms with Gasteiger partial charge in [-0.2, -0.15) is 0 Å². The molecule has 4 nitrogen and oxygen atoms in total. The van der Waals surface area contributed by atoms with Gasteiger partial charge in [0.25, 0.3) is 5.91 Å². The Bertz CT molecular complexity index is 880. The number of amides is 1. The van der Waals surface area contributed by atoms with Crippen LogP contribution in [0.25, 0.3) is 0 Å². The van der Waals surface area contributed by atoms with Crippen LogP contribution in [0.5, 0.6) is 5.75 Å². The number of anilines is 2. The molecular weight excluding hydrogens is 356 g/mol. The number of hydrogen-bond donors (Lipinski definition) is 0. The molecule has 0 saturated heterocycles. The molecule has 6 heteroatoms. The third-order valence-electron chi connectivity index (χ3n) is 3.55. The Morgan fingerprint density at radius 2 is 1.96 bits per heavy atom. The van der Waals surface area contributed by atoms with Crippen molar-refractivity contribution in [1.29, 1.82) is 0 Å². The number of hydrogen-bond acceptors (Lipinski definition) is 4. The number of carbonyl (C=O) groups excluding carboxylic acids is 1. The number of thiazole rings is 1. The summed E-state index contributed by atoms with van der Waals surface area (Å²) in [6.07, 6.45) is 0. The second-order valence-electron chi connectivity index (χ2n) is 5.53. The lowest BCUT2D eigenvalue weighted by Gasteiger charge is -2.20. The molecule has 1 aromatic heterocycles.